The smallest absolute Gasteiger partial charge is 0.206 e. The van der Waals surface area contributed by atoms with Crippen molar-refractivity contribution in [1.82, 2.24) is 0 Å². The highest BCUT2D eigenvalue weighted by molar-refractivity contribution is 7.80. The molecule has 118 valence electrons. The summed E-state index contributed by atoms with van der Waals surface area (Å²) < 4.78 is 71.1. The molecule has 0 N–H and O–H groups in total. The molecular weight excluding hydrogens is 311 g/mol. The number of rotatable bonds is 4. The van der Waals surface area contributed by atoms with Crippen molar-refractivity contribution in [3.63, 3.8) is 0 Å². The highest BCUT2D eigenvalue weighted by Crippen LogP contribution is 2.39. The molecule has 0 amide bonds. The summed E-state index contributed by atoms with van der Waals surface area (Å²) >= 11 is 4.23. The van der Waals surface area contributed by atoms with E-state index in [0.717, 1.165) is 32.1 Å². The molecular formula is C14H15F5OS. The van der Waals surface area contributed by atoms with Gasteiger partial charge < -0.3 is 4.74 Å². The molecule has 1 aliphatic carbocycles. The van der Waals surface area contributed by atoms with Gasteiger partial charge in [-0.05, 0) is 18.6 Å². The van der Waals surface area contributed by atoms with Gasteiger partial charge in [0.05, 0.1) is 6.61 Å². The predicted octanol–water partition coefficient (Wildman–Crippen LogP) is 4.64. The average Bonchev–Trinajstić information content (AvgIpc) is 2.52. The zero-order valence-corrected chi connectivity index (χ0v) is 12.1. The molecule has 0 aliphatic heterocycles. The van der Waals surface area contributed by atoms with Gasteiger partial charge in [-0.3, -0.25) is 0 Å². The Bertz CT molecular complexity index is 500. The second-order valence-electron chi connectivity index (χ2n) is 5.41. The second-order valence-corrected chi connectivity index (χ2v) is 5.72. The van der Waals surface area contributed by atoms with Crippen molar-refractivity contribution in [3.8, 4) is 5.75 Å². The molecule has 0 bridgehead atoms. The molecule has 0 atom stereocenters. The quantitative estimate of drug-likeness (QED) is 0.367. The Morgan fingerprint density at radius 2 is 1.29 bits per heavy atom. The van der Waals surface area contributed by atoms with Gasteiger partial charge in [-0.2, -0.15) is 21.4 Å². The number of halogens is 5. The fourth-order valence-corrected chi connectivity index (χ4v) is 2.99. The lowest BCUT2D eigenvalue weighted by Gasteiger charge is -2.35. The second kappa shape index (κ2) is 6.42. The Kier molecular flexibility index (Phi) is 5.01. The molecule has 0 heterocycles. The molecule has 1 saturated carbocycles. The summed E-state index contributed by atoms with van der Waals surface area (Å²) in [4.78, 5) is 0. The molecule has 1 aromatic rings. The summed E-state index contributed by atoms with van der Waals surface area (Å²) in [5.74, 6) is -10.8. The first-order valence-corrected chi connectivity index (χ1v) is 7.30. The highest BCUT2D eigenvalue weighted by Gasteiger charge is 2.34. The molecule has 21 heavy (non-hydrogen) atoms. The molecule has 0 radical (unpaired) electrons. The molecule has 1 nitrogen and oxygen atoms in total. The van der Waals surface area contributed by atoms with E-state index in [9.17, 15) is 22.0 Å². The maximum Gasteiger partial charge on any atom is 0.206 e. The van der Waals surface area contributed by atoms with Crippen molar-refractivity contribution in [3.05, 3.63) is 29.1 Å². The minimum Gasteiger partial charge on any atom is -0.487 e. The van der Waals surface area contributed by atoms with Crippen LogP contribution in [0.4, 0.5) is 22.0 Å². The topological polar surface area (TPSA) is 9.23 Å². The summed E-state index contributed by atoms with van der Waals surface area (Å²) in [6.07, 6.45) is 4.43. The highest BCUT2D eigenvalue weighted by atomic mass is 32.1. The Balaban J connectivity index is 2.24. The van der Waals surface area contributed by atoms with Gasteiger partial charge in [-0.1, -0.05) is 19.3 Å². The SMILES string of the molecule is Fc1c(F)c(F)c(OCC2(CS)CCCCC2)c(F)c1F. The van der Waals surface area contributed by atoms with Crippen molar-refractivity contribution < 1.29 is 26.7 Å². The summed E-state index contributed by atoms with van der Waals surface area (Å²) in [6, 6.07) is 0. The molecule has 1 fully saturated rings. The average molecular weight is 326 g/mol. The van der Waals surface area contributed by atoms with Crippen LogP contribution in [0.2, 0.25) is 0 Å². The fraction of sp³-hybridized carbons (Fsp3) is 0.571. The largest absolute Gasteiger partial charge is 0.487 e. The van der Waals surface area contributed by atoms with Gasteiger partial charge in [0, 0.05) is 5.41 Å². The zero-order chi connectivity index (χ0) is 15.6. The number of ether oxygens (including phenoxy) is 1. The minimum absolute atomic E-state index is 0.116. The molecule has 1 aliphatic rings. The van der Waals surface area contributed by atoms with Gasteiger partial charge in [0.15, 0.2) is 5.75 Å². The van der Waals surface area contributed by atoms with E-state index in [4.69, 9.17) is 4.74 Å². The third-order valence-corrected chi connectivity index (χ3v) is 4.61. The molecule has 2 rings (SSSR count). The van der Waals surface area contributed by atoms with Gasteiger partial charge in [-0.15, -0.1) is 0 Å². The maximum atomic E-state index is 13.5. The van der Waals surface area contributed by atoms with Crippen LogP contribution in [0.3, 0.4) is 0 Å². The van der Waals surface area contributed by atoms with Crippen LogP contribution in [0, 0.1) is 34.5 Å². The summed E-state index contributed by atoms with van der Waals surface area (Å²) in [5, 5.41) is 0. The first-order chi connectivity index (χ1) is 9.92. The fourth-order valence-electron chi connectivity index (χ4n) is 2.59. The van der Waals surface area contributed by atoms with Gasteiger partial charge >= 0.3 is 0 Å². The van der Waals surface area contributed by atoms with E-state index in [1.54, 1.807) is 0 Å². The van der Waals surface area contributed by atoms with Crippen LogP contribution in [0.25, 0.3) is 0 Å². The normalized spacial score (nSPS) is 17.8. The lowest BCUT2D eigenvalue weighted by Crippen LogP contribution is -2.33. The van der Waals surface area contributed by atoms with E-state index < -0.39 is 34.8 Å². The Morgan fingerprint density at radius 3 is 1.76 bits per heavy atom. The monoisotopic (exact) mass is 326 g/mol. The van der Waals surface area contributed by atoms with Crippen molar-refractivity contribution in [1.29, 1.82) is 0 Å². The Hall–Kier alpha value is -0.980. The number of benzene rings is 1. The minimum atomic E-state index is -2.18. The van der Waals surface area contributed by atoms with Crippen molar-refractivity contribution in [2.75, 3.05) is 12.4 Å². The first-order valence-electron chi connectivity index (χ1n) is 6.67. The molecule has 0 unspecified atom stereocenters. The van der Waals surface area contributed by atoms with Gasteiger partial charge in [0.2, 0.25) is 29.1 Å². The van der Waals surface area contributed by atoms with E-state index in [1.807, 2.05) is 0 Å². The van der Waals surface area contributed by atoms with E-state index in [1.165, 1.54) is 0 Å². The zero-order valence-electron chi connectivity index (χ0n) is 11.2. The standard InChI is InChI=1S/C14H15F5OS/c15-8-9(16)11(18)13(12(19)10(8)17)20-6-14(7-21)4-2-1-3-5-14/h21H,1-7H2. The first kappa shape index (κ1) is 16.4. The lowest BCUT2D eigenvalue weighted by molar-refractivity contribution is 0.112. The van der Waals surface area contributed by atoms with Crippen molar-refractivity contribution in [2.24, 2.45) is 5.41 Å². The third kappa shape index (κ3) is 3.12. The maximum absolute atomic E-state index is 13.5. The van der Waals surface area contributed by atoms with Crippen LogP contribution < -0.4 is 4.74 Å². The van der Waals surface area contributed by atoms with E-state index in [2.05, 4.69) is 12.6 Å². The molecule has 7 heteroatoms. The van der Waals surface area contributed by atoms with Crippen molar-refractivity contribution in [2.45, 2.75) is 32.1 Å². The van der Waals surface area contributed by atoms with Crippen LogP contribution in [-0.4, -0.2) is 12.4 Å². The van der Waals surface area contributed by atoms with Crippen LogP contribution in [0.15, 0.2) is 0 Å². The molecule has 1 aromatic carbocycles. The van der Waals surface area contributed by atoms with Gasteiger partial charge in [-0.25, -0.2) is 13.2 Å². The summed E-state index contributed by atoms with van der Waals surface area (Å²) in [5.41, 5.74) is -0.387. The lowest BCUT2D eigenvalue weighted by atomic mass is 9.76. The van der Waals surface area contributed by atoms with Crippen LogP contribution in [-0.2, 0) is 0 Å². The van der Waals surface area contributed by atoms with E-state index in [0.29, 0.717) is 5.75 Å². The molecule has 0 aromatic heterocycles. The Morgan fingerprint density at radius 1 is 0.810 bits per heavy atom. The van der Waals surface area contributed by atoms with E-state index in [-0.39, 0.29) is 12.0 Å². The van der Waals surface area contributed by atoms with Crippen LogP contribution in [0.1, 0.15) is 32.1 Å². The molecule has 0 saturated heterocycles. The number of hydrogen-bond acceptors (Lipinski definition) is 2. The summed E-state index contributed by atoms with van der Waals surface area (Å²) in [6.45, 7) is -0.116. The van der Waals surface area contributed by atoms with Crippen LogP contribution >= 0.6 is 12.6 Å². The van der Waals surface area contributed by atoms with Gasteiger partial charge in [0.1, 0.15) is 0 Å². The van der Waals surface area contributed by atoms with E-state index >= 15 is 0 Å². The number of thiol groups is 1. The van der Waals surface area contributed by atoms with Gasteiger partial charge in [0.25, 0.3) is 0 Å². The third-order valence-electron chi connectivity index (χ3n) is 3.94. The van der Waals surface area contributed by atoms with Crippen LogP contribution in [0.5, 0.6) is 5.75 Å². The summed E-state index contributed by atoms with van der Waals surface area (Å²) in [7, 11) is 0. The Labute approximate surface area is 124 Å². The van der Waals surface area contributed by atoms with Crippen molar-refractivity contribution >= 4 is 12.6 Å². The molecule has 0 spiro atoms. The number of hydrogen-bond donors (Lipinski definition) is 1. The predicted molar refractivity (Wildman–Crippen MR) is 71.1 cm³/mol.